The van der Waals surface area contributed by atoms with Crippen molar-refractivity contribution in [2.75, 3.05) is 0 Å². The fourth-order valence-electron chi connectivity index (χ4n) is 0. The van der Waals surface area contributed by atoms with E-state index in [1.165, 1.54) is 0 Å². The van der Waals surface area contributed by atoms with E-state index in [2.05, 4.69) is 34.5 Å². The van der Waals surface area contributed by atoms with Crippen LogP contribution in [-0.4, -0.2) is 8.42 Å². The fraction of sp³-hybridized carbons (Fsp3) is 0. The Morgan fingerprint density at radius 3 is 1.22 bits per heavy atom. The van der Waals surface area contributed by atoms with Crippen LogP contribution >= 0.6 is 21.4 Å². The van der Waals surface area contributed by atoms with Gasteiger partial charge in [-0.15, -0.1) is 0 Å². The van der Waals surface area contributed by atoms with Crippen molar-refractivity contribution >= 4 is 29.6 Å². The predicted molar refractivity (Wildman–Crippen MR) is 41.0 cm³/mol. The Bertz CT molecular complexity index is 157. The van der Waals surface area contributed by atoms with Gasteiger partial charge >= 0.3 is 8.26 Å². The number of halogens is 2. The molecule has 0 spiro atoms. The molecule has 0 saturated carbocycles. The Balaban J connectivity index is 0. The van der Waals surface area contributed by atoms with Gasteiger partial charge in [-0.2, -0.15) is 8.42 Å². The van der Waals surface area contributed by atoms with Gasteiger partial charge in [-0.05, 0) is 0 Å². The van der Waals surface area contributed by atoms with Crippen LogP contribution in [0, 0.1) is 0 Å². The minimum Gasteiger partial charge on any atom is -0.195 e. The summed E-state index contributed by atoms with van der Waals surface area (Å²) in [5.41, 5.74) is 0. The fourth-order valence-corrected chi connectivity index (χ4v) is 0. The third kappa shape index (κ3) is 284. The largest absolute Gasteiger partial charge is 0.317 e. The van der Waals surface area contributed by atoms with Crippen molar-refractivity contribution < 1.29 is 8.42 Å². The van der Waals surface area contributed by atoms with Gasteiger partial charge < -0.3 is 0 Å². The second kappa shape index (κ2) is 6.13. The average molecular weight is 189 g/mol. The van der Waals surface area contributed by atoms with Crippen LogP contribution in [-0.2, 0) is 8.26 Å². The van der Waals surface area contributed by atoms with Gasteiger partial charge in [0, 0.05) is 21.4 Å². The van der Waals surface area contributed by atoms with E-state index in [9.17, 15) is 0 Å². The summed E-state index contributed by atoms with van der Waals surface area (Å²) < 4.78 is 18.3. The molecule has 0 radical (unpaired) electrons. The van der Waals surface area contributed by atoms with Crippen molar-refractivity contribution in [1.82, 2.24) is 0 Å². The lowest BCUT2D eigenvalue weighted by atomic mass is 10.6. The Morgan fingerprint density at radius 2 is 1.22 bits per heavy atom. The monoisotopic (exact) mass is 188 g/mol. The first-order valence-corrected chi connectivity index (χ1v) is 4.93. The highest BCUT2D eigenvalue weighted by Crippen LogP contribution is 1.98. The van der Waals surface area contributed by atoms with E-state index in [1.54, 1.807) is 12.2 Å². The van der Waals surface area contributed by atoms with Crippen LogP contribution in [0.4, 0.5) is 0 Å². The van der Waals surface area contributed by atoms with Gasteiger partial charge in [0.15, 0.2) is 0 Å². The third-order valence-electron chi connectivity index (χ3n) is 0.167. The topological polar surface area (TPSA) is 34.1 Å². The Kier molecular flexibility index (Phi) is 8.02. The Morgan fingerprint density at radius 1 is 1.11 bits per heavy atom. The van der Waals surface area contributed by atoms with E-state index in [1.807, 2.05) is 0 Å². The summed E-state index contributed by atoms with van der Waals surface area (Å²) >= 11 is 0. The summed E-state index contributed by atoms with van der Waals surface area (Å²) in [6.45, 7) is 6.72. The quantitative estimate of drug-likeness (QED) is 0.467. The zero-order valence-corrected chi connectivity index (χ0v) is 6.88. The molecule has 5 heteroatoms. The molecular weight excluding hydrogens is 183 g/mol. The van der Waals surface area contributed by atoms with Crippen LogP contribution in [0.5, 0.6) is 0 Å². The molecular formula is C4H6Cl2O2S. The molecule has 0 bridgehead atoms. The molecule has 0 saturated heterocycles. The average Bonchev–Trinajstić information content (AvgIpc) is 1.61. The van der Waals surface area contributed by atoms with Gasteiger partial charge in [0.05, 0.1) is 0 Å². The molecule has 54 valence electrons. The molecule has 0 aromatic carbocycles. The lowest BCUT2D eigenvalue weighted by molar-refractivity contribution is 0.621. The van der Waals surface area contributed by atoms with E-state index in [0.717, 1.165) is 0 Å². The summed E-state index contributed by atoms with van der Waals surface area (Å²) in [7, 11) is 4.81. The first-order chi connectivity index (χ1) is 3.91. The van der Waals surface area contributed by atoms with Crippen LogP contribution in [0.15, 0.2) is 25.3 Å². The molecule has 0 fully saturated rings. The molecule has 0 aliphatic rings. The van der Waals surface area contributed by atoms with Crippen LogP contribution in [0.1, 0.15) is 0 Å². The van der Waals surface area contributed by atoms with Crippen LogP contribution in [0.3, 0.4) is 0 Å². The van der Waals surface area contributed by atoms with Crippen LogP contribution in [0.2, 0.25) is 0 Å². The first kappa shape index (κ1) is 11.8. The van der Waals surface area contributed by atoms with E-state index < -0.39 is 8.26 Å². The zero-order chi connectivity index (χ0) is 7.91. The number of allylic oxidation sites excluding steroid dienone is 2. The molecule has 2 nitrogen and oxygen atoms in total. The van der Waals surface area contributed by atoms with Gasteiger partial charge in [0.1, 0.15) is 0 Å². The van der Waals surface area contributed by atoms with Gasteiger partial charge in [-0.25, -0.2) is 0 Å². The maximum Gasteiger partial charge on any atom is 0.317 e. The van der Waals surface area contributed by atoms with Gasteiger partial charge in [-0.1, -0.05) is 25.3 Å². The summed E-state index contributed by atoms with van der Waals surface area (Å²) in [6.07, 6.45) is 3.28. The SMILES string of the molecule is C=CC=C.O=S(=O)(Cl)Cl. The second-order valence-electron chi connectivity index (χ2n) is 0.850. The normalized spacial score (nSPS) is 8.67. The van der Waals surface area contributed by atoms with Crippen molar-refractivity contribution in [2.45, 2.75) is 0 Å². The van der Waals surface area contributed by atoms with E-state index in [4.69, 9.17) is 8.42 Å². The molecule has 0 N–H and O–H groups in total. The van der Waals surface area contributed by atoms with Crippen molar-refractivity contribution in [3.8, 4) is 0 Å². The molecule has 9 heavy (non-hydrogen) atoms. The summed E-state index contributed by atoms with van der Waals surface area (Å²) in [6, 6.07) is 0. The maximum absolute atomic E-state index is 9.16. The lowest BCUT2D eigenvalue weighted by Gasteiger charge is -1.61. The van der Waals surface area contributed by atoms with Crippen molar-refractivity contribution in [1.29, 1.82) is 0 Å². The standard InChI is InChI=1S/C4H6.Cl2O2S/c1-3-4-2;1-5(2,3)4/h3-4H,1-2H2;. The Hall–Kier alpha value is 0.01000. The second-order valence-corrected chi connectivity index (χ2v) is 4.52. The molecule has 0 heterocycles. The molecule has 0 rings (SSSR count). The van der Waals surface area contributed by atoms with Crippen molar-refractivity contribution in [2.24, 2.45) is 0 Å². The van der Waals surface area contributed by atoms with Crippen molar-refractivity contribution in [3.63, 3.8) is 0 Å². The highest BCUT2D eigenvalue weighted by Gasteiger charge is 1.88. The molecule has 0 aromatic heterocycles. The summed E-state index contributed by atoms with van der Waals surface area (Å²) in [5.74, 6) is 0. The highest BCUT2D eigenvalue weighted by atomic mass is 36.0. The summed E-state index contributed by atoms with van der Waals surface area (Å²) in [4.78, 5) is 0. The first-order valence-electron chi connectivity index (χ1n) is 1.79. The Labute approximate surface area is 63.7 Å². The smallest absolute Gasteiger partial charge is 0.195 e. The zero-order valence-electron chi connectivity index (χ0n) is 4.55. The highest BCUT2D eigenvalue weighted by molar-refractivity contribution is 8.31. The third-order valence-corrected chi connectivity index (χ3v) is 0.167. The number of rotatable bonds is 1. The molecule has 0 aliphatic heterocycles. The summed E-state index contributed by atoms with van der Waals surface area (Å²) in [5, 5.41) is 0. The van der Waals surface area contributed by atoms with Gasteiger partial charge in [0.2, 0.25) is 0 Å². The van der Waals surface area contributed by atoms with E-state index in [-0.39, 0.29) is 0 Å². The van der Waals surface area contributed by atoms with Crippen molar-refractivity contribution in [3.05, 3.63) is 25.3 Å². The predicted octanol–water partition coefficient (Wildman–Crippen LogP) is 2.07. The molecule has 0 amide bonds. The lowest BCUT2D eigenvalue weighted by Crippen LogP contribution is -1.63. The van der Waals surface area contributed by atoms with Crippen LogP contribution < -0.4 is 0 Å². The van der Waals surface area contributed by atoms with Crippen LogP contribution in [0.25, 0.3) is 0 Å². The maximum atomic E-state index is 9.16. The van der Waals surface area contributed by atoms with E-state index >= 15 is 0 Å². The molecule has 0 unspecified atom stereocenters. The molecule has 0 aliphatic carbocycles. The van der Waals surface area contributed by atoms with Gasteiger partial charge in [0.25, 0.3) is 0 Å². The number of hydrogen-bond donors (Lipinski definition) is 0. The minimum absolute atomic E-state index is 1.64. The number of hydrogen-bond acceptors (Lipinski definition) is 2. The molecule has 0 aromatic rings. The molecule has 0 atom stereocenters. The van der Waals surface area contributed by atoms with E-state index in [0.29, 0.717) is 0 Å². The van der Waals surface area contributed by atoms with Gasteiger partial charge in [-0.3, -0.25) is 0 Å². The minimum atomic E-state index is -3.72.